The second kappa shape index (κ2) is 4.34. The molecule has 0 spiro atoms. The highest BCUT2D eigenvalue weighted by Crippen LogP contribution is 2.23. The van der Waals surface area contributed by atoms with E-state index in [1.165, 1.54) is 14.2 Å². The molecular formula is C8H16O5. The van der Waals surface area contributed by atoms with Crippen LogP contribution in [0.25, 0.3) is 0 Å². The maximum Gasteiger partial charge on any atom is 0.184 e. The van der Waals surface area contributed by atoms with Crippen molar-refractivity contribution in [2.45, 2.75) is 37.6 Å². The van der Waals surface area contributed by atoms with Crippen LogP contribution in [0.3, 0.4) is 0 Å². The lowest BCUT2D eigenvalue weighted by atomic mass is 10.00. The molecule has 5 atom stereocenters. The Hall–Kier alpha value is -0.200. The minimum atomic E-state index is -1.05. The third kappa shape index (κ3) is 2.00. The van der Waals surface area contributed by atoms with E-state index < -0.39 is 30.7 Å². The van der Waals surface area contributed by atoms with Crippen molar-refractivity contribution in [3.63, 3.8) is 0 Å². The van der Waals surface area contributed by atoms with Crippen molar-refractivity contribution in [2.75, 3.05) is 14.2 Å². The molecule has 5 heteroatoms. The molecule has 0 aromatic rings. The van der Waals surface area contributed by atoms with Gasteiger partial charge >= 0.3 is 0 Å². The fourth-order valence-corrected chi connectivity index (χ4v) is 1.53. The molecule has 0 bridgehead atoms. The lowest BCUT2D eigenvalue weighted by Gasteiger charge is -2.40. The van der Waals surface area contributed by atoms with Crippen molar-refractivity contribution in [3.05, 3.63) is 0 Å². The topological polar surface area (TPSA) is 68.2 Å². The zero-order valence-electron chi connectivity index (χ0n) is 8.01. The average Bonchev–Trinajstić information content (AvgIpc) is 2.10. The summed E-state index contributed by atoms with van der Waals surface area (Å²) in [6.45, 7) is 1.67. The van der Waals surface area contributed by atoms with E-state index in [0.29, 0.717) is 0 Å². The van der Waals surface area contributed by atoms with Crippen LogP contribution in [-0.4, -0.2) is 55.1 Å². The lowest BCUT2D eigenvalue weighted by Crippen LogP contribution is -2.57. The normalized spacial score (nSPS) is 46.4. The fourth-order valence-electron chi connectivity index (χ4n) is 1.53. The second-order valence-electron chi connectivity index (χ2n) is 3.12. The summed E-state index contributed by atoms with van der Waals surface area (Å²) < 4.78 is 15.0. The van der Waals surface area contributed by atoms with E-state index in [1.807, 2.05) is 0 Å². The third-order valence-electron chi connectivity index (χ3n) is 2.32. The van der Waals surface area contributed by atoms with Crippen LogP contribution < -0.4 is 0 Å². The Labute approximate surface area is 77.2 Å². The zero-order valence-corrected chi connectivity index (χ0v) is 8.01. The summed E-state index contributed by atoms with van der Waals surface area (Å²) in [7, 11) is 2.90. The Bertz CT molecular complexity index is 163. The van der Waals surface area contributed by atoms with Gasteiger partial charge in [0.15, 0.2) is 6.29 Å². The Kier molecular flexibility index (Phi) is 3.63. The first-order valence-corrected chi connectivity index (χ1v) is 4.19. The minimum Gasteiger partial charge on any atom is -0.388 e. The van der Waals surface area contributed by atoms with Crippen LogP contribution in [0.4, 0.5) is 0 Å². The van der Waals surface area contributed by atoms with Crippen molar-refractivity contribution in [2.24, 2.45) is 0 Å². The molecule has 0 aliphatic carbocycles. The largest absolute Gasteiger partial charge is 0.388 e. The second-order valence-corrected chi connectivity index (χ2v) is 3.12. The fraction of sp³-hybridized carbons (Fsp3) is 1.00. The van der Waals surface area contributed by atoms with Gasteiger partial charge in [0.2, 0.25) is 0 Å². The van der Waals surface area contributed by atoms with E-state index in [0.717, 1.165) is 0 Å². The Morgan fingerprint density at radius 2 is 1.62 bits per heavy atom. The predicted molar refractivity (Wildman–Crippen MR) is 44.2 cm³/mol. The number of methoxy groups -OCH3 is 2. The molecule has 1 rings (SSSR count). The van der Waals surface area contributed by atoms with Crippen LogP contribution in [-0.2, 0) is 14.2 Å². The molecular weight excluding hydrogens is 176 g/mol. The summed E-state index contributed by atoms with van der Waals surface area (Å²) in [5.41, 5.74) is 0. The monoisotopic (exact) mass is 192 g/mol. The Morgan fingerprint density at radius 3 is 2.08 bits per heavy atom. The molecule has 1 heterocycles. The molecule has 0 amide bonds. The molecule has 1 fully saturated rings. The molecule has 0 unspecified atom stereocenters. The van der Waals surface area contributed by atoms with Crippen molar-refractivity contribution in [1.29, 1.82) is 0 Å². The molecule has 1 aliphatic heterocycles. The first-order valence-electron chi connectivity index (χ1n) is 4.19. The maximum atomic E-state index is 9.62. The summed E-state index contributed by atoms with van der Waals surface area (Å²) in [5.74, 6) is 0. The van der Waals surface area contributed by atoms with E-state index in [1.54, 1.807) is 6.92 Å². The van der Waals surface area contributed by atoms with Gasteiger partial charge in [0.25, 0.3) is 0 Å². The number of hydrogen-bond donors (Lipinski definition) is 2. The van der Waals surface area contributed by atoms with Gasteiger partial charge in [0, 0.05) is 14.2 Å². The Morgan fingerprint density at radius 1 is 1.08 bits per heavy atom. The smallest absolute Gasteiger partial charge is 0.184 e. The van der Waals surface area contributed by atoms with Crippen LogP contribution in [0.1, 0.15) is 6.92 Å². The van der Waals surface area contributed by atoms with E-state index in [-0.39, 0.29) is 0 Å². The van der Waals surface area contributed by atoms with E-state index in [9.17, 15) is 10.2 Å². The third-order valence-corrected chi connectivity index (χ3v) is 2.32. The van der Waals surface area contributed by atoms with Crippen LogP contribution in [0.5, 0.6) is 0 Å². The highest BCUT2D eigenvalue weighted by atomic mass is 16.7. The number of aliphatic hydroxyl groups excluding tert-OH is 2. The van der Waals surface area contributed by atoms with Gasteiger partial charge in [-0.3, -0.25) is 0 Å². The van der Waals surface area contributed by atoms with Gasteiger partial charge in [0.1, 0.15) is 18.3 Å². The zero-order chi connectivity index (χ0) is 10.0. The SMILES string of the molecule is CO[C@H]1[C@@H](O)[C@@H](C)O[C@@H](O)[C@H]1OC. The van der Waals surface area contributed by atoms with Gasteiger partial charge in [-0.1, -0.05) is 0 Å². The summed E-state index contributed by atoms with van der Waals surface area (Å²) in [5, 5.41) is 19.0. The molecule has 2 N–H and O–H groups in total. The molecule has 0 radical (unpaired) electrons. The van der Waals surface area contributed by atoms with Crippen LogP contribution in [0, 0.1) is 0 Å². The van der Waals surface area contributed by atoms with E-state index in [4.69, 9.17) is 14.2 Å². The van der Waals surface area contributed by atoms with Crippen molar-refractivity contribution in [1.82, 2.24) is 0 Å². The summed E-state index contributed by atoms with van der Waals surface area (Å²) in [4.78, 5) is 0. The summed E-state index contributed by atoms with van der Waals surface area (Å²) in [6.07, 6.45) is -3.47. The minimum absolute atomic E-state index is 0.452. The first kappa shape index (κ1) is 10.9. The van der Waals surface area contributed by atoms with Crippen LogP contribution >= 0.6 is 0 Å². The molecule has 5 nitrogen and oxygen atoms in total. The van der Waals surface area contributed by atoms with E-state index in [2.05, 4.69) is 0 Å². The maximum absolute atomic E-state index is 9.62. The highest BCUT2D eigenvalue weighted by molar-refractivity contribution is 4.88. The molecule has 1 saturated heterocycles. The predicted octanol–water partition coefficient (Wildman–Crippen LogP) is -0.886. The molecule has 13 heavy (non-hydrogen) atoms. The van der Waals surface area contributed by atoms with Crippen LogP contribution in [0.2, 0.25) is 0 Å². The van der Waals surface area contributed by atoms with Gasteiger partial charge < -0.3 is 24.4 Å². The van der Waals surface area contributed by atoms with Gasteiger partial charge in [-0.05, 0) is 6.92 Å². The average molecular weight is 192 g/mol. The molecule has 0 aromatic carbocycles. The quantitative estimate of drug-likeness (QED) is 0.594. The van der Waals surface area contributed by atoms with Crippen molar-refractivity contribution in [3.8, 4) is 0 Å². The number of rotatable bonds is 2. The van der Waals surface area contributed by atoms with Gasteiger partial charge in [-0.15, -0.1) is 0 Å². The van der Waals surface area contributed by atoms with Crippen molar-refractivity contribution >= 4 is 0 Å². The molecule has 0 aromatic heterocycles. The molecule has 78 valence electrons. The number of hydrogen-bond acceptors (Lipinski definition) is 5. The molecule has 1 aliphatic rings. The van der Waals surface area contributed by atoms with E-state index >= 15 is 0 Å². The summed E-state index contributed by atoms with van der Waals surface area (Å²) in [6, 6.07) is 0. The van der Waals surface area contributed by atoms with Gasteiger partial charge in [0.05, 0.1) is 6.10 Å². The van der Waals surface area contributed by atoms with Crippen LogP contribution in [0.15, 0.2) is 0 Å². The Balaban J connectivity index is 2.71. The molecule has 0 saturated carbocycles. The lowest BCUT2D eigenvalue weighted by molar-refractivity contribution is -0.287. The summed E-state index contributed by atoms with van der Waals surface area (Å²) >= 11 is 0. The number of aliphatic hydroxyl groups is 2. The first-order chi connectivity index (χ1) is 6.11. The van der Waals surface area contributed by atoms with Gasteiger partial charge in [-0.2, -0.15) is 0 Å². The van der Waals surface area contributed by atoms with Gasteiger partial charge in [-0.25, -0.2) is 0 Å². The number of ether oxygens (including phenoxy) is 3. The highest BCUT2D eigenvalue weighted by Gasteiger charge is 2.43. The standard InChI is InChI=1S/C8H16O5/c1-4-5(9)6(11-2)7(12-3)8(10)13-4/h4-10H,1-3H3/t4-,5+,6+,7+,8-/m1/s1. The van der Waals surface area contributed by atoms with Crippen molar-refractivity contribution < 1.29 is 24.4 Å².